The first-order valence-electron chi connectivity index (χ1n) is 9.78. The topological polar surface area (TPSA) is 27.7 Å². The Morgan fingerprint density at radius 2 is 1.26 bits per heavy atom. The van der Waals surface area contributed by atoms with Crippen molar-refractivity contribution in [2.24, 2.45) is 29.6 Å². The van der Waals surface area contributed by atoms with Crippen LogP contribution in [0, 0.1) is 29.6 Å². The van der Waals surface area contributed by atoms with E-state index in [1.165, 1.54) is 0 Å². The highest BCUT2D eigenvalue weighted by Crippen LogP contribution is 2.40. The molecule has 0 saturated carbocycles. The molecule has 0 aromatic rings. The van der Waals surface area contributed by atoms with Gasteiger partial charge in [0, 0.05) is 5.92 Å². The van der Waals surface area contributed by atoms with Crippen molar-refractivity contribution in [3.05, 3.63) is 0 Å². The molecule has 0 aromatic carbocycles. The molecule has 0 radical (unpaired) electrons. The van der Waals surface area contributed by atoms with E-state index in [9.17, 15) is 0 Å². The summed E-state index contributed by atoms with van der Waals surface area (Å²) in [4.78, 5) is 0. The lowest BCUT2D eigenvalue weighted by atomic mass is 9.77. The lowest BCUT2D eigenvalue weighted by Crippen LogP contribution is -2.54. The summed E-state index contributed by atoms with van der Waals surface area (Å²) in [6.45, 7) is 18.1. The third kappa shape index (κ3) is 3.77. The van der Waals surface area contributed by atoms with Crippen LogP contribution in [0.15, 0.2) is 0 Å². The summed E-state index contributed by atoms with van der Waals surface area (Å²) in [5.41, 5.74) is 0. The number of hydrogen-bond donors (Lipinski definition) is 0. The standard InChI is InChI=1S/C20H38O3/c1-9-17-13(5)11(3)15(7)20(22-17)23-19-14(6)12(4)16(8)21-18(19)10-2/h11-20H,9-10H2,1-8H3/t11?,12?,13-,14+,15-,16?,17?,18?,19-,20-/m0/s1. The molecule has 0 N–H and O–H groups in total. The fraction of sp³-hybridized carbons (Fsp3) is 1.00. The van der Waals surface area contributed by atoms with Crippen molar-refractivity contribution in [1.29, 1.82) is 0 Å². The first-order chi connectivity index (χ1) is 10.8. The molecule has 23 heavy (non-hydrogen) atoms. The third-order valence-corrected chi connectivity index (χ3v) is 6.92. The second-order valence-electron chi connectivity index (χ2n) is 8.14. The van der Waals surface area contributed by atoms with Crippen LogP contribution in [0.5, 0.6) is 0 Å². The van der Waals surface area contributed by atoms with Crippen molar-refractivity contribution >= 4 is 0 Å². The molecule has 2 aliphatic rings. The van der Waals surface area contributed by atoms with Crippen LogP contribution in [-0.2, 0) is 14.2 Å². The average Bonchev–Trinajstić information content (AvgIpc) is 2.55. The Morgan fingerprint density at radius 3 is 1.83 bits per heavy atom. The van der Waals surface area contributed by atoms with E-state index >= 15 is 0 Å². The van der Waals surface area contributed by atoms with Crippen LogP contribution in [0.4, 0.5) is 0 Å². The summed E-state index contributed by atoms with van der Waals surface area (Å²) in [6.07, 6.45) is 2.88. The summed E-state index contributed by atoms with van der Waals surface area (Å²) >= 11 is 0. The molecule has 0 spiro atoms. The van der Waals surface area contributed by atoms with Crippen LogP contribution in [-0.4, -0.2) is 30.7 Å². The van der Waals surface area contributed by atoms with E-state index in [0.29, 0.717) is 41.8 Å². The van der Waals surface area contributed by atoms with E-state index in [1.54, 1.807) is 0 Å². The van der Waals surface area contributed by atoms with Crippen molar-refractivity contribution in [3.8, 4) is 0 Å². The number of ether oxygens (including phenoxy) is 3. The molecule has 0 aliphatic carbocycles. The second kappa shape index (κ2) is 7.84. The Labute approximate surface area is 143 Å². The number of rotatable bonds is 4. The highest BCUT2D eigenvalue weighted by molar-refractivity contribution is 4.89. The average molecular weight is 327 g/mol. The zero-order chi connectivity index (χ0) is 17.3. The van der Waals surface area contributed by atoms with Crippen molar-refractivity contribution in [3.63, 3.8) is 0 Å². The molecular weight excluding hydrogens is 288 g/mol. The fourth-order valence-corrected chi connectivity index (χ4v) is 4.35. The van der Waals surface area contributed by atoms with Crippen LogP contribution in [0.25, 0.3) is 0 Å². The van der Waals surface area contributed by atoms with Crippen LogP contribution in [0.3, 0.4) is 0 Å². The fourth-order valence-electron chi connectivity index (χ4n) is 4.35. The van der Waals surface area contributed by atoms with Crippen LogP contribution < -0.4 is 0 Å². The summed E-state index contributed by atoms with van der Waals surface area (Å²) in [7, 11) is 0. The molecule has 3 nitrogen and oxygen atoms in total. The third-order valence-electron chi connectivity index (χ3n) is 6.92. The zero-order valence-corrected chi connectivity index (χ0v) is 16.4. The van der Waals surface area contributed by atoms with E-state index in [0.717, 1.165) is 12.8 Å². The van der Waals surface area contributed by atoms with Crippen LogP contribution >= 0.6 is 0 Å². The van der Waals surface area contributed by atoms with Crippen LogP contribution in [0.1, 0.15) is 68.2 Å². The van der Waals surface area contributed by atoms with Gasteiger partial charge in [-0.05, 0) is 43.4 Å². The second-order valence-corrected chi connectivity index (χ2v) is 8.14. The van der Waals surface area contributed by atoms with E-state index in [4.69, 9.17) is 14.2 Å². The Bertz CT molecular complexity index is 368. The summed E-state index contributed by atoms with van der Waals surface area (Å²) in [5, 5.41) is 0. The summed E-state index contributed by atoms with van der Waals surface area (Å²) in [5.74, 6) is 2.65. The van der Waals surface area contributed by atoms with Gasteiger partial charge < -0.3 is 14.2 Å². The minimum absolute atomic E-state index is 0.100. The lowest BCUT2D eigenvalue weighted by molar-refractivity contribution is -0.299. The highest BCUT2D eigenvalue weighted by Gasteiger charge is 2.45. The van der Waals surface area contributed by atoms with Gasteiger partial charge >= 0.3 is 0 Å². The molecular formula is C20H38O3. The molecule has 0 bridgehead atoms. The number of hydrogen-bond acceptors (Lipinski definition) is 3. The van der Waals surface area contributed by atoms with Gasteiger partial charge in [-0.3, -0.25) is 0 Å². The molecule has 2 saturated heterocycles. The van der Waals surface area contributed by atoms with Gasteiger partial charge in [-0.2, -0.15) is 0 Å². The maximum atomic E-state index is 6.58. The molecule has 2 rings (SSSR count). The van der Waals surface area contributed by atoms with Gasteiger partial charge in [-0.25, -0.2) is 0 Å². The molecule has 136 valence electrons. The van der Waals surface area contributed by atoms with Crippen molar-refractivity contribution in [2.75, 3.05) is 0 Å². The first kappa shape index (κ1) is 19.2. The predicted molar refractivity (Wildman–Crippen MR) is 94.3 cm³/mol. The zero-order valence-electron chi connectivity index (χ0n) is 16.4. The smallest absolute Gasteiger partial charge is 0.161 e. The van der Waals surface area contributed by atoms with Gasteiger partial charge in [-0.15, -0.1) is 0 Å². The maximum absolute atomic E-state index is 6.58. The Morgan fingerprint density at radius 1 is 0.652 bits per heavy atom. The van der Waals surface area contributed by atoms with Gasteiger partial charge in [-0.1, -0.05) is 48.5 Å². The molecule has 0 amide bonds. The van der Waals surface area contributed by atoms with Gasteiger partial charge in [0.15, 0.2) is 6.29 Å². The molecule has 2 aliphatic heterocycles. The van der Waals surface area contributed by atoms with Gasteiger partial charge in [0.25, 0.3) is 0 Å². The summed E-state index contributed by atoms with van der Waals surface area (Å²) in [6, 6.07) is 0. The van der Waals surface area contributed by atoms with Crippen LogP contribution in [0.2, 0.25) is 0 Å². The Kier molecular flexibility index (Phi) is 6.55. The predicted octanol–water partition coefficient (Wildman–Crippen LogP) is 4.88. The van der Waals surface area contributed by atoms with Gasteiger partial charge in [0.05, 0.1) is 24.4 Å². The minimum Gasteiger partial charge on any atom is -0.372 e. The summed E-state index contributed by atoms with van der Waals surface area (Å²) < 4.78 is 19.2. The van der Waals surface area contributed by atoms with Crippen molar-refractivity contribution < 1.29 is 14.2 Å². The Balaban J connectivity index is 2.11. The quantitative estimate of drug-likeness (QED) is 0.736. The minimum atomic E-state index is -0.100. The molecule has 3 heteroatoms. The van der Waals surface area contributed by atoms with Gasteiger partial charge in [0.1, 0.15) is 0 Å². The van der Waals surface area contributed by atoms with Crippen molar-refractivity contribution in [2.45, 2.75) is 98.9 Å². The normalized spacial score (nSPS) is 51.7. The largest absolute Gasteiger partial charge is 0.372 e. The SMILES string of the molecule is CCC1O[C@@H](O[C@@H]2C(CC)OC(C)C(C)[C@H]2C)[C@@H](C)C(C)[C@@H]1C. The van der Waals surface area contributed by atoms with Gasteiger partial charge in [0.2, 0.25) is 0 Å². The van der Waals surface area contributed by atoms with Crippen molar-refractivity contribution in [1.82, 2.24) is 0 Å². The van der Waals surface area contributed by atoms with E-state index in [-0.39, 0.29) is 18.5 Å². The monoisotopic (exact) mass is 326 g/mol. The lowest BCUT2D eigenvalue weighted by Gasteiger charge is -2.48. The van der Waals surface area contributed by atoms with E-state index in [2.05, 4.69) is 55.4 Å². The van der Waals surface area contributed by atoms with E-state index in [1.807, 2.05) is 0 Å². The van der Waals surface area contributed by atoms with E-state index < -0.39 is 0 Å². The Hall–Kier alpha value is -0.120. The molecule has 5 unspecified atom stereocenters. The molecule has 0 aromatic heterocycles. The highest BCUT2D eigenvalue weighted by atomic mass is 16.7. The molecule has 2 fully saturated rings. The molecule has 10 atom stereocenters. The maximum Gasteiger partial charge on any atom is 0.161 e. The first-order valence-corrected chi connectivity index (χ1v) is 9.78. The molecule has 2 heterocycles.